The number of hydrogen-bond acceptors (Lipinski definition) is 7. The first-order valence-corrected chi connectivity index (χ1v) is 17.0. The molecule has 0 amide bonds. The van der Waals surface area contributed by atoms with Crippen LogP contribution in [0.15, 0.2) is 79.8 Å². The molecule has 284 valence electrons. The first-order valence-electron chi connectivity index (χ1n) is 17.0. The summed E-state index contributed by atoms with van der Waals surface area (Å²) in [7, 11) is 0. The van der Waals surface area contributed by atoms with E-state index in [0.717, 1.165) is 39.0 Å². The van der Waals surface area contributed by atoms with E-state index in [4.69, 9.17) is 0 Å². The molecule has 0 unspecified atom stereocenters. The van der Waals surface area contributed by atoms with Crippen molar-refractivity contribution in [3.05, 3.63) is 164 Å². The molecule has 0 bridgehead atoms. The second kappa shape index (κ2) is 16.3. The molecule has 0 spiro atoms. The molecule has 11 nitrogen and oxygen atoms in total. The summed E-state index contributed by atoms with van der Waals surface area (Å²) in [5.74, 6) is -1.77. The largest absolute Gasteiger partial charge is 0.573 e. The average Bonchev–Trinajstić information content (AvgIpc) is 3.03. The molecule has 2 heterocycles. The zero-order valence-electron chi connectivity index (χ0n) is 31.1. The van der Waals surface area contributed by atoms with Crippen molar-refractivity contribution in [3.63, 3.8) is 0 Å². The van der Waals surface area contributed by atoms with Gasteiger partial charge in [0.05, 0.1) is 12.2 Å². The van der Waals surface area contributed by atoms with Crippen molar-refractivity contribution in [1.29, 1.82) is 0 Å². The molecule has 0 saturated heterocycles. The molecule has 0 aliphatic heterocycles. The molecule has 3 N–H and O–H groups in total. The Morgan fingerprint density at radius 3 is 1.59 bits per heavy atom. The SMILES string of the molecule is Cc1cc(C)cc(C(=O)c2[nH]c(=O)[nH]c(=O)c2C(C)C)c1.Cc1cc(C)cc(C(=O)c2c(C(C)C)c(=O)[nH]c(=O)n2Cc2ccc(OC(F)(F)F)cc2)c1. The van der Waals surface area contributed by atoms with Gasteiger partial charge in [0.25, 0.3) is 11.1 Å². The van der Waals surface area contributed by atoms with Gasteiger partial charge in [-0.3, -0.25) is 33.7 Å². The van der Waals surface area contributed by atoms with E-state index in [2.05, 4.69) is 19.7 Å². The Morgan fingerprint density at radius 1 is 0.667 bits per heavy atom. The van der Waals surface area contributed by atoms with Crippen LogP contribution < -0.4 is 27.2 Å². The summed E-state index contributed by atoms with van der Waals surface area (Å²) in [4.78, 5) is 81.9. The van der Waals surface area contributed by atoms with Gasteiger partial charge in [0.15, 0.2) is 0 Å². The highest BCUT2D eigenvalue weighted by Crippen LogP contribution is 2.24. The maximum atomic E-state index is 13.5. The highest BCUT2D eigenvalue weighted by atomic mass is 19.4. The number of hydrogen-bond donors (Lipinski definition) is 3. The number of H-pyrrole nitrogens is 3. The van der Waals surface area contributed by atoms with Gasteiger partial charge in [-0.15, -0.1) is 13.2 Å². The molecule has 54 heavy (non-hydrogen) atoms. The summed E-state index contributed by atoms with van der Waals surface area (Å²) in [6.45, 7) is 14.4. The van der Waals surface area contributed by atoms with Crippen molar-refractivity contribution < 1.29 is 27.5 Å². The van der Waals surface area contributed by atoms with E-state index in [1.54, 1.807) is 52.0 Å². The Balaban J connectivity index is 0.000000266. The lowest BCUT2D eigenvalue weighted by atomic mass is 9.95. The molecule has 0 radical (unpaired) electrons. The number of aryl methyl sites for hydroxylation is 4. The van der Waals surface area contributed by atoms with E-state index in [1.165, 1.54) is 12.1 Å². The van der Waals surface area contributed by atoms with E-state index in [-0.39, 0.29) is 41.1 Å². The zero-order valence-corrected chi connectivity index (χ0v) is 31.1. The Hall–Kier alpha value is -6.05. The Bertz CT molecular complexity index is 2410. The van der Waals surface area contributed by atoms with Crippen molar-refractivity contribution in [2.45, 2.75) is 80.1 Å². The lowest BCUT2D eigenvalue weighted by Gasteiger charge is -2.18. The third-order valence-electron chi connectivity index (χ3n) is 8.28. The zero-order chi connectivity index (χ0) is 40.2. The molecule has 0 aliphatic carbocycles. The lowest BCUT2D eigenvalue weighted by molar-refractivity contribution is -0.274. The first kappa shape index (κ1) is 40.7. The molecule has 14 heteroatoms. The lowest BCUT2D eigenvalue weighted by Crippen LogP contribution is -2.38. The number of benzene rings is 3. The fourth-order valence-electron chi connectivity index (χ4n) is 6.22. The van der Waals surface area contributed by atoms with E-state index in [9.17, 15) is 41.9 Å². The van der Waals surface area contributed by atoms with Crippen molar-refractivity contribution in [2.24, 2.45) is 0 Å². The molecular formula is C40H41F3N4O7. The van der Waals surface area contributed by atoms with Gasteiger partial charge in [-0.05, 0) is 81.5 Å². The van der Waals surface area contributed by atoms with Crippen LogP contribution in [0.25, 0.3) is 0 Å². The molecule has 5 aromatic rings. The number of nitrogens with zero attached hydrogens (tertiary/aromatic N) is 1. The topological polar surface area (TPSA) is 164 Å². The van der Waals surface area contributed by atoms with E-state index < -0.39 is 40.4 Å². The van der Waals surface area contributed by atoms with Crippen LogP contribution in [0.2, 0.25) is 0 Å². The summed E-state index contributed by atoms with van der Waals surface area (Å²) < 4.78 is 42.3. The first-order chi connectivity index (χ1) is 25.1. The summed E-state index contributed by atoms with van der Waals surface area (Å²) in [5.41, 5.74) is 2.75. The van der Waals surface area contributed by atoms with Crippen LogP contribution >= 0.6 is 0 Å². The van der Waals surface area contributed by atoms with Gasteiger partial charge in [-0.2, -0.15) is 0 Å². The van der Waals surface area contributed by atoms with Crippen LogP contribution in [0.5, 0.6) is 5.75 Å². The number of aromatic amines is 3. The van der Waals surface area contributed by atoms with Crippen LogP contribution in [-0.4, -0.2) is 37.4 Å². The van der Waals surface area contributed by atoms with Crippen LogP contribution in [0.1, 0.15) is 111 Å². The van der Waals surface area contributed by atoms with Crippen molar-refractivity contribution in [1.82, 2.24) is 19.5 Å². The molecule has 2 aromatic heterocycles. The Labute approximate surface area is 307 Å². The number of nitrogens with one attached hydrogen (secondary N) is 3. The Morgan fingerprint density at radius 2 is 1.13 bits per heavy atom. The van der Waals surface area contributed by atoms with Gasteiger partial charge >= 0.3 is 17.7 Å². The average molecular weight is 747 g/mol. The molecule has 3 aromatic carbocycles. The van der Waals surface area contributed by atoms with Crippen LogP contribution in [-0.2, 0) is 6.54 Å². The van der Waals surface area contributed by atoms with Gasteiger partial charge < -0.3 is 9.72 Å². The number of aromatic nitrogens is 4. The monoisotopic (exact) mass is 746 g/mol. The number of alkyl halides is 3. The van der Waals surface area contributed by atoms with E-state index in [0.29, 0.717) is 22.3 Å². The minimum Gasteiger partial charge on any atom is -0.406 e. The van der Waals surface area contributed by atoms with Gasteiger partial charge in [0, 0.05) is 22.3 Å². The quantitative estimate of drug-likeness (QED) is 0.145. The number of ketones is 2. The van der Waals surface area contributed by atoms with Gasteiger partial charge in [0.1, 0.15) is 11.4 Å². The van der Waals surface area contributed by atoms with Crippen LogP contribution in [0.3, 0.4) is 0 Å². The second-order valence-corrected chi connectivity index (χ2v) is 13.7. The van der Waals surface area contributed by atoms with Crippen LogP contribution in [0, 0.1) is 27.7 Å². The normalized spacial score (nSPS) is 11.4. The van der Waals surface area contributed by atoms with Gasteiger partial charge in [0.2, 0.25) is 11.6 Å². The standard InChI is InChI=1S/C24H23F3N2O4.C16H18N2O3/c1-13(2)19-20(21(30)17-10-14(3)9-15(4)11-17)29(23(32)28-22(19)31)12-16-5-7-18(8-6-16)33-24(25,26)27;1-8(2)12-13(17-16(21)18-15(12)20)14(19)11-6-9(3)5-10(4)7-11/h5-11,13H,12H2,1-4H3,(H,28,31,32);5-8H,1-4H3,(H2,17,18,20,21). The number of ether oxygens (including phenoxy) is 1. The molecular weight excluding hydrogens is 705 g/mol. The molecule has 0 atom stereocenters. The predicted octanol–water partition coefficient (Wildman–Crippen LogP) is 6.49. The maximum absolute atomic E-state index is 13.5. The van der Waals surface area contributed by atoms with Crippen molar-refractivity contribution in [3.8, 4) is 5.75 Å². The highest BCUT2D eigenvalue weighted by Gasteiger charge is 2.31. The third-order valence-corrected chi connectivity index (χ3v) is 8.28. The fraction of sp³-hybridized carbons (Fsp3) is 0.300. The summed E-state index contributed by atoms with van der Waals surface area (Å²) in [6, 6.07) is 15.7. The summed E-state index contributed by atoms with van der Waals surface area (Å²) in [6.07, 6.45) is -4.82. The second-order valence-electron chi connectivity index (χ2n) is 13.7. The number of rotatable bonds is 9. The minimum absolute atomic E-state index is 0.0423. The van der Waals surface area contributed by atoms with Crippen LogP contribution in [0.4, 0.5) is 13.2 Å². The molecule has 0 aliphatic rings. The molecule has 0 saturated carbocycles. The van der Waals surface area contributed by atoms with Crippen molar-refractivity contribution >= 4 is 11.6 Å². The number of carbonyl (C=O) groups excluding carboxylic acids is 2. The number of halogens is 3. The summed E-state index contributed by atoms with van der Waals surface area (Å²) >= 11 is 0. The maximum Gasteiger partial charge on any atom is 0.573 e. The third kappa shape index (κ3) is 9.88. The van der Waals surface area contributed by atoms with Crippen molar-refractivity contribution in [2.75, 3.05) is 0 Å². The molecule has 5 rings (SSSR count). The van der Waals surface area contributed by atoms with Gasteiger partial charge in [-0.25, -0.2) is 9.59 Å². The molecule has 0 fully saturated rings. The van der Waals surface area contributed by atoms with E-state index >= 15 is 0 Å². The number of carbonyl (C=O) groups is 2. The summed E-state index contributed by atoms with van der Waals surface area (Å²) in [5, 5.41) is 0. The van der Waals surface area contributed by atoms with E-state index in [1.807, 2.05) is 39.8 Å². The smallest absolute Gasteiger partial charge is 0.406 e. The minimum atomic E-state index is -4.82. The predicted molar refractivity (Wildman–Crippen MR) is 198 cm³/mol. The Kier molecular flexibility index (Phi) is 12.3. The van der Waals surface area contributed by atoms with Gasteiger partial charge in [-0.1, -0.05) is 74.2 Å². The highest BCUT2D eigenvalue weighted by molar-refractivity contribution is 6.09. The fourth-order valence-corrected chi connectivity index (χ4v) is 6.22.